The fraction of sp³-hybridized carbons (Fsp3) is 0.133. The van der Waals surface area contributed by atoms with Gasteiger partial charge in [-0.25, -0.2) is 18.0 Å². The quantitative estimate of drug-likeness (QED) is 0.609. The van der Waals surface area contributed by atoms with Crippen molar-refractivity contribution in [1.29, 1.82) is 0 Å². The molecule has 0 aliphatic rings. The van der Waals surface area contributed by atoms with Gasteiger partial charge in [0.05, 0.1) is 7.11 Å². The van der Waals surface area contributed by atoms with Gasteiger partial charge < -0.3 is 19.3 Å². The van der Waals surface area contributed by atoms with Gasteiger partial charge in [-0.1, -0.05) is 0 Å². The Hall–Kier alpha value is -3.11. The van der Waals surface area contributed by atoms with Gasteiger partial charge in [0.15, 0.2) is 29.0 Å². The number of aromatic carboxylic acids is 1. The molecule has 140 valence electrons. The van der Waals surface area contributed by atoms with Crippen LogP contribution < -0.4 is 14.2 Å². The third kappa shape index (κ3) is 4.10. The Kier molecular flexibility index (Phi) is 5.19. The van der Waals surface area contributed by atoms with Crippen molar-refractivity contribution in [3.05, 3.63) is 47.3 Å². The van der Waals surface area contributed by atoms with Gasteiger partial charge in [-0.2, -0.15) is 0 Å². The van der Waals surface area contributed by atoms with E-state index >= 15 is 0 Å². The summed E-state index contributed by atoms with van der Waals surface area (Å²) in [5, 5.41) is 8.95. The molecule has 0 aliphatic carbocycles. The molecule has 5 nitrogen and oxygen atoms in total. The molecule has 0 aliphatic heterocycles. The zero-order valence-electron chi connectivity index (χ0n) is 12.7. The lowest BCUT2D eigenvalue weighted by molar-refractivity contribution is -0.274. The van der Waals surface area contributed by atoms with Gasteiger partial charge in [-0.05, 0) is 12.1 Å². The van der Waals surface area contributed by atoms with Crippen molar-refractivity contribution in [3.8, 4) is 23.0 Å². The second-order valence-corrected chi connectivity index (χ2v) is 4.63. The number of hydrogen-bond donors (Lipinski definition) is 1. The highest BCUT2D eigenvalue weighted by molar-refractivity contribution is 5.91. The van der Waals surface area contributed by atoms with E-state index in [1.54, 1.807) is 0 Å². The number of carboxylic acid groups (broad SMARTS) is 1. The second-order valence-electron chi connectivity index (χ2n) is 4.63. The summed E-state index contributed by atoms with van der Waals surface area (Å²) in [7, 11) is 1.05. The van der Waals surface area contributed by atoms with Crippen LogP contribution in [0.2, 0.25) is 0 Å². The first-order chi connectivity index (χ1) is 12.0. The molecule has 0 heterocycles. The molecular weight excluding hydrogens is 374 g/mol. The van der Waals surface area contributed by atoms with Crippen molar-refractivity contribution in [1.82, 2.24) is 0 Å². The number of carboxylic acids is 1. The Labute approximate surface area is 141 Å². The van der Waals surface area contributed by atoms with Crippen LogP contribution in [0.4, 0.5) is 26.3 Å². The summed E-state index contributed by atoms with van der Waals surface area (Å²) >= 11 is 0. The molecule has 0 saturated carbocycles. The maximum absolute atomic E-state index is 13.7. The van der Waals surface area contributed by atoms with E-state index < -0.39 is 52.6 Å². The van der Waals surface area contributed by atoms with Crippen LogP contribution in [0.1, 0.15) is 10.4 Å². The third-order valence-electron chi connectivity index (χ3n) is 2.93. The number of hydrogen-bond acceptors (Lipinski definition) is 4. The average molecular weight is 382 g/mol. The molecule has 26 heavy (non-hydrogen) atoms. The van der Waals surface area contributed by atoms with Gasteiger partial charge >= 0.3 is 12.3 Å². The molecule has 2 aromatic rings. The lowest BCUT2D eigenvalue weighted by atomic mass is 10.1. The maximum atomic E-state index is 13.7. The summed E-state index contributed by atoms with van der Waals surface area (Å²) in [6.07, 6.45) is -4.98. The van der Waals surface area contributed by atoms with Crippen molar-refractivity contribution in [3.63, 3.8) is 0 Å². The highest BCUT2D eigenvalue weighted by Crippen LogP contribution is 2.38. The van der Waals surface area contributed by atoms with E-state index in [0.717, 1.165) is 25.3 Å². The topological polar surface area (TPSA) is 65.0 Å². The second kappa shape index (κ2) is 7.02. The molecule has 0 saturated heterocycles. The number of benzene rings is 2. The molecule has 1 N–H and O–H groups in total. The van der Waals surface area contributed by atoms with Crippen molar-refractivity contribution in [2.75, 3.05) is 7.11 Å². The van der Waals surface area contributed by atoms with E-state index in [2.05, 4.69) is 4.74 Å². The van der Waals surface area contributed by atoms with E-state index in [1.807, 2.05) is 0 Å². The Balaban J connectivity index is 2.47. The minimum absolute atomic E-state index is 0.279. The number of rotatable bonds is 5. The van der Waals surface area contributed by atoms with Crippen molar-refractivity contribution < 1.29 is 50.5 Å². The zero-order chi connectivity index (χ0) is 19.6. The summed E-state index contributed by atoms with van der Waals surface area (Å²) in [5.74, 6) is -10.1. The van der Waals surface area contributed by atoms with Crippen LogP contribution in [-0.4, -0.2) is 24.5 Å². The summed E-state index contributed by atoms with van der Waals surface area (Å²) in [4.78, 5) is 11.1. The average Bonchev–Trinajstić information content (AvgIpc) is 2.52. The van der Waals surface area contributed by atoms with Gasteiger partial charge in [0, 0.05) is 12.1 Å². The summed E-state index contributed by atoms with van der Waals surface area (Å²) < 4.78 is 90.3. The molecule has 2 rings (SSSR count). The van der Waals surface area contributed by atoms with E-state index in [-0.39, 0.29) is 11.8 Å². The summed E-state index contributed by atoms with van der Waals surface area (Å²) in [6.45, 7) is 0. The molecular formula is C15H8F6O5. The fourth-order valence-electron chi connectivity index (χ4n) is 1.90. The largest absolute Gasteiger partial charge is 0.573 e. The first kappa shape index (κ1) is 19.2. The fourth-order valence-corrected chi connectivity index (χ4v) is 1.90. The van der Waals surface area contributed by atoms with Gasteiger partial charge in [0.2, 0.25) is 0 Å². The Morgan fingerprint density at radius 1 is 1.00 bits per heavy atom. The van der Waals surface area contributed by atoms with E-state index in [4.69, 9.17) is 14.6 Å². The van der Waals surface area contributed by atoms with E-state index in [1.165, 1.54) is 0 Å². The molecule has 0 bridgehead atoms. The number of carbonyl (C=O) groups is 1. The highest BCUT2D eigenvalue weighted by Gasteiger charge is 2.31. The first-order valence-electron chi connectivity index (χ1n) is 6.56. The molecule has 0 aromatic heterocycles. The smallest absolute Gasteiger partial charge is 0.493 e. The van der Waals surface area contributed by atoms with Crippen LogP contribution in [-0.2, 0) is 0 Å². The summed E-state index contributed by atoms with van der Waals surface area (Å²) in [6, 6.07) is 2.70. The van der Waals surface area contributed by atoms with Crippen molar-refractivity contribution in [2.24, 2.45) is 0 Å². The Morgan fingerprint density at radius 3 is 2.19 bits per heavy atom. The maximum Gasteiger partial charge on any atom is 0.573 e. The minimum atomic E-state index is -4.98. The van der Waals surface area contributed by atoms with Crippen molar-refractivity contribution in [2.45, 2.75) is 6.36 Å². The molecule has 0 fully saturated rings. The Bertz CT molecular complexity index is 849. The van der Waals surface area contributed by atoms with Crippen molar-refractivity contribution >= 4 is 5.97 Å². The highest BCUT2D eigenvalue weighted by atomic mass is 19.4. The molecule has 0 amide bonds. The number of ether oxygens (including phenoxy) is 3. The van der Waals surface area contributed by atoms with Gasteiger partial charge in [0.1, 0.15) is 17.1 Å². The normalized spacial score (nSPS) is 11.2. The van der Waals surface area contributed by atoms with Crippen LogP contribution in [0.5, 0.6) is 23.0 Å². The SMILES string of the molecule is COc1cc(OC(F)(F)F)ccc1Oc1cc(F)c(F)c(F)c1C(=O)O. The number of halogens is 6. The molecule has 11 heteroatoms. The molecule has 2 aromatic carbocycles. The van der Waals surface area contributed by atoms with Crippen LogP contribution in [0.15, 0.2) is 24.3 Å². The minimum Gasteiger partial charge on any atom is -0.493 e. The zero-order valence-corrected chi connectivity index (χ0v) is 12.7. The van der Waals surface area contributed by atoms with Gasteiger partial charge in [0.25, 0.3) is 0 Å². The lowest BCUT2D eigenvalue weighted by Crippen LogP contribution is -2.17. The van der Waals surface area contributed by atoms with E-state index in [0.29, 0.717) is 0 Å². The van der Waals surface area contributed by atoms with Crippen LogP contribution in [0.3, 0.4) is 0 Å². The van der Waals surface area contributed by atoms with Gasteiger partial charge in [-0.15, -0.1) is 13.2 Å². The third-order valence-corrected chi connectivity index (χ3v) is 2.93. The van der Waals surface area contributed by atoms with E-state index in [9.17, 15) is 31.1 Å². The standard InChI is InChI=1S/C15H8F6O5/c1-24-9-4-6(26-15(19,20)21)2-3-8(9)25-10-5-7(16)12(17)13(18)11(10)14(22)23/h2-5H,1H3,(H,22,23). The lowest BCUT2D eigenvalue weighted by Gasteiger charge is -2.15. The van der Waals surface area contributed by atoms with Crippen LogP contribution in [0.25, 0.3) is 0 Å². The number of methoxy groups -OCH3 is 1. The molecule has 0 radical (unpaired) electrons. The number of alkyl halides is 3. The van der Waals surface area contributed by atoms with Crippen LogP contribution in [0, 0.1) is 17.5 Å². The monoisotopic (exact) mass is 382 g/mol. The summed E-state index contributed by atoms with van der Waals surface area (Å²) in [5.41, 5.74) is -1.30. The van der Waals surface area contributed by atoms with Crippen LogP contribution >= 0.6 is 0 Å². The molecule has 0 spiro atoms. The predicted molar refractivity (Wildman–Crippen MR) is 73.0 cm³/mol. The van der Waals surface area contributed by atoms with Gasteiger partial charge in [-0.3, -0.25) is 0 Å². The molecule has 0 atom stereocenters. The first-order valence-corrected chi connectivity index (χ1v) is 6.56. The molecule has 0 unspecified atom stereocenters. The predicted octanol–water partition coefficient (Wildman–Crippen LogP) is 4.50. The Morgan fingerprint density at radius 2 is 1.65 bits per heavy atom.